The lowest BCUT2D eigenvalue weighted by atomic mass is 9.91. The average molecular weight is 483 g/mol. The maximum atomic E-state index is 8.74. The van der Waals surface area contributed by atoms with Gasteiger partial charge in [-0.1, -0.05) is 111 Å². The fourth-order valence-electron chi connectivity index (χ4n) is 3.91. The Morgan fingerprint density at radius 3 is 1.50 bits per heavy atom. The van der Waals surface area contributed by atoms with Crippen molar-refractivity contribution >= 4 is 10.4 Å². The van der Waals surface area contributed by atoms with Crippen molar-refractivity contribution in [2.45, 2.75) is 129 Å². The molecule has 7 nitrogen and oxygen atoms in total. The third-order valence-corrected chi connectivity index (χ3v) is 5.76. The molecule has 0 aliphatic carbocycles. The van der Waals surface area contributed by atoms with Gasteiger partial charge in [0.2, 0.25) is 0 Å². The summed E-state index contributed by atoms with van der Waals surface area (Å²) < 4.78 is 37.6. The van der Waals surface area contributed by atoms with Gasteiger partial charge in [-0.3, -0.25) is 9.11 Å². The normalized spacial score (nSPS) is 18.3. The van der Waals surface area contributed by atoms with Gasteiger partial charge in [0, 0.05) is 13.1 Å². The van der Waals surface area contributed by atoms with E-state index in [1.807, 2.05) is 6.92 Å². The second-order valence-electron chi connectivity index (χ2n) is 8.76. The summed E-state index contributed by atoms with van der Waals surface area (Å²) >= 11 is 0. The average Bonchev–Trinajstić information content (AvgIpc) is 2.74. The lowest BCUT2D eigenvalue weighted by molar-refractivity contribution is -0.0748. The lowest BCUT2D eigenvalue weighted by Gasteiger charge is -2.37. The van der Waals surface area contributed by atoms with Gasteiger partial charge in [-0.25, -0.2) is 0 Å². The third kappa shape index (κ3) is 27.8. The molecule has 1 aliphatic rings. The Hall–Kier alpha value is -0.250. The molecule has 196 valence electrons. The van der Waals surface area contributed by atoms with Crippen LogP contribution in [0.15, 0.2) is 0 Å². The summed E-state index contributed by atoms with van der Waals surface area (Å²) in [5.74, 6) is 0. The van der Waals surface area contributed by atoms with Crippen molar-refractivity contribution in [3.63, 3.8) is 0 Å². The number of nitrogens with two attached hydrogens (primary N) is 1. The Morgan fingerprint density at radius 1 is 0.812 bits per heavy atom. The zero-order valence-electron chi connectivity index (χ0n) is 21.2. The van der Waals surface area contributed by atoms with Crippen LogP contribution in [0.3, 0.4) is 0 Å². The van der Waals surface area contributed by atoms with E-state index < -0.39 is 10.4 Å². The Labute approximate surface area is 199 Å². The molecule has 1 atom stereocenters. The summed E-state index contributed by atoms with van der Waals surface area (Å²) in [5.41, 5.74) is 5.00. The zero-order chi connectivity index (χ0) is 24.6. The molecule has 1 saturated heterocycles. The molecule has 8 heteroatoms. The van der Waals surface area contributed by atoms with Crippen molar-refractivity contribution in [3.8, 4) is 0 Å². The van der Waals surface area contributed by atoms with E-state index >= 15 is 0 Å². The molecule has 0 saturated carbocycles. The van der Waals surface area contributed by atoms with Gasteiger partial charge in [0.15, 0.2) is 0 Å². The van der Waals surface area contributed by atoms with Crippen molar-refractivity contribution in [1.29, 1.82) is 0 Å². The highest BCUT2D eigenvalue weighted by Crippen LogP contribution is 2.25. The van der Waals surface area contributed by atoms with Crippen LogP contribution in [0.5, 0.6) is 0 Å². The lowest BCUT2D eigenvalue weighted by Crippen LogP contribution is -2.49. The maximum absolute atomic E-state index is 8.74. The minimum absolute atomic E-state index is 0.148. The highest BCUT2D eigenvalue weighted by Gasteiger charge is 2.30. The van der Waals surface area contributed by atoms with Crippen molar-refractivity contribution in [2.24, 2.45) is 5.73 Å². The number of ether oxygens (including phenoxy) is 1. The molecule has 1 heterocycles. The second-order valence-corrected chi connectivity index (χ2v) is 9.66. The first kappa shape index (κ1) is 33.9. The van der Waals surface area contributed by atoms with Crippen molar-refractivity contribution in [3.05, 3.63) is 0 Å². The van der Waals surface area contributed by atoms with Crippen LogP contribution in [0.4, 0.5) is 0 Å². The van der Waals surface area contributed by atoms with E-state index in [-0.39, 0.29) is 5.60 Å². The molecule has 5 N–H and O–H groups in total. The quantitative estimate of drug-likeness (QED) is 0.159. The number of hydrogen-bond acceptors (Lipinski definition) is 5. The van der Waals surface area contributed by atoms with Gasteiger partial charge in [-0.15, -0.1) is 0 Å². The first-order valence-electron chi connectivity index (χ1n) is 13.0. The SMILES string of the molecule is CCCCCCCCCCCCCCCCC1(CC)CNCCO1.CCN.O=S(=O)(O)O. The van der Waals surface area contributed by atoms with Crippen LogP contribution in [-0.2, 0) is 15.1 Å². The van der Waals surface area contributed by atoms with Crippen LogP contribution in [0.2, 0.25) is 0 Å². The molecule has 0 aromatic heterocycles. The number of unbranched alkanes of at least 4 members (excludes halogenated alkanes) is 13. The molecule has 1 aliphatic heterocycles. The van der Waals surface area contributed by atoms with E-state index in [0.717, 1.165) is 32.7 Å². The van der Waals surface area contributed by atoms with Crippen LogP contribution >= 0.6 is 0 Å². The van der Waals surface area contributed by atoms with Crippen molar-refractivity contribution < 1.29 is 22.3 Å². The van der Waals surface area contributed by atoms with E-state index in [4.69, 9.17) is 28.0 Å². The van der Waals surface area contributed by atoms with Crippen LogP contribution in [0, 0.1) is 0 Å². The Bertz CT molecular complexity index is 461. The number of nitrogens with one attached hydrogen (secondary N) is 1. The van der Waals surface area contributed by atoms with Crippen LogP contribution < -0.4 is 11.1 Å². The molecular weight excluding hydrogens is 428 g/mol. The van der Waals surface area contributed by atoms with Gasteiger partial charge in [0.25, 0.3) is 0 Å². The molecule has 1 unspecified atom stereocenters. The number of morpholine rings is 1. The molecule has 1 fully saturated rings. The summed E-state index contributed by atoms with van der Waals surface area (Å²) in [6.45, 7) is 10.2. The predicted octanol–water partition coefficient (Wildman–Crippen LogP) is 5.94. The molecule has 0 amide bonds. The molecular formula is C24H54N2O5S. The van der Waals surface area contributed by atoms with Crippen molar-refractivity contribution in [2.75, 3.05) is 26.2 Å². The second kappa shape index (κ2) is 23.9. The Morgan fingerprint density at radius 2 is 1.19 bits per heavy atom. The van der Waals surface area contributed by atoms with Crippen molar-refractivity contribution in [1.82, 2.24) is 5.32 Å². The molecule has 32 heavy (non-hydrogen) atoms. The van der Waals surface area contributed by atoms with Gasteiger partial charge >= 0.3 is 10.4 Å². The summed E-state index contributed by atoms with van der Waals surface area (Å²) in [5, 5.41) is 3.50. The minimum atomic E-state index is -4.67. The third-order valence-electron chi connectivity index (χ3n) is 5.76. The van der Waals surface area contributed by atoms with Gasteiger partial charge < -0.3 is 15.8 Å². The smallest absolute Gasteiger partial charge is 0.372 e. The molecule has 0 aromatic carbocycles. The highest BCUT2D eigenvalue weighted by molar-refractivity contribution is 7.79. The summed E-state index contributed by atoms with van der Waals surface area (Å²) in [6, 6.07) is 0. The summed E-state index contributed by atoms with van der Waals surface area (Å²) in [7, 11) is -4.67. The van der Waals surface area contributed by atoms with E-state index in [1.165, 1.54) is 96.3 Å². The standard InChI is InChI=1S/C22H45NO.C2H7N.H2O4S/c1-3-5-6-7-8-9-10-11-12-13-14-15-16-17-18-22(4-2)21-23-19-20-24-22;1-2-3;1-5(2,3)4/h23H,3-21H2,1-2H3;2-3H2,1H3;(H2,1,2,3,4). The van der Waals surface area contributed by atoms with E-state index in [0.29, 0.717) is 0 Å². The van der Waals surface area contributed by atoms with Gasteiger partial charge in [-0.2, -0.15) is 8.42 Å². The van der Waals surface area contributed by atoms with E-state index in [2.05, 4.69) is 19.2 Å². The number of rotatable bonds is 16. The molecule has 0 aromatic rings. The van der Waals surface area contributed by atoms with Crippen LogP contribution in [-0.4, -0.2) is 49.4 Å². The highest BCUT2D eigenvalue weighted by atomic mass is 32.3. The molecule has 0 spiro atoms. The minimum Gasteiger partial charge on any atom is -0.372 e. The fraction of sp³-hybridized carbons (Fsp3) is 1.00. The van der Waals surface area contributed by atoms with Gasteiger partial charge in [0.05, 0.1) is 12.2 Å². The summed E-state index contributed by atoms with van der Waals surface area (Å²) in [4.78, 5) is 0. The Kier molecular flexibility index (Phi) is 25.3. The maximum Gasteiger partial charge on any atom is 0.394 e. The molecule has 1 rings (SSSR count). The van der Waals surface area contributed by atoms with Crippen LogP contribution in [0.1, 0.15) is 124 Å². The monoisotopic (exact) mass is 482 g/mol. The van der Waals surface area contributed by atoms with Crippen LogP contribution in [0.25, 0.3) is 0 Å². The van der Waals surface area contributed by atoms with Gasteiger partial charge in [-0.05, 0) is 19.4 Å². The van der Waals surface area contributed by atoms with E-state index in [9.17, 15) is 0 Å². The predicted molar refractivity (Wildman–Crippen MR) is 136 cm³/mol. The fourth-order valence-corrected chi connectivity index (χ4v) is 3.91. The van der Waals surface area contributed by atoms with E-state index in [1.54, 1.807) is 0 Å². The topological polar surface area (TPSA) is 122 Å². The number of hydrogen-bond donors (Lipinski definition) is 4. The summed E-state index contributed by atoms with van der Waals surface area (Å²) in [6.07, 6.45) is 22.5. The molecule has 0 radical (unpaired) electrons. The first-order valence-corrected chi connectivity index (χ1v) is 14.4. The zero-order valence-corrected chi connectivity index (χ0v) is 22.1. The first-order chi connectivity index (χ1) is 15.2. The largest absolute Gasteiger partial charge is 0.394 e. The molecule has 0 bridgehead atoms. The Balaban J connectivity index is 0. The van der Waals surface area contributed by atoms with Gasteiger partial charge in [0.1, 0.15) is 0 Å².